The Balaban J connectivity index is 2.20. The second kappa shape index (κ2) is 5.88. The van der Waals surface area contributed by atoms with Gasteiger partial charge < -0.3 is 9.84 Å². The number of rotatable bonds is 4. The number of aliphatic hydroxyl groups is 1. The molecule has 0 radical (unpaired) electrons. The summed E-state index contributed by atoms with van der Waals surface area (Å²) in [5.41, 5.74) is 0. The van der Waals surface area contributed by atoms with Gasteiger partial charge in [0, 0.05) is 30.5 Å². The van der Waals surface area contributed by atoms with Gasteiger partial charge in [-0.3, -0.25) is 0 Å². The molecule has 1 N–H and O–H groups in total. The molecular weight excluding hydrogens is 286 g/mol. The lowest BCUT2D eigenvalue weighted by Crippen LogP contribution is -2.46. The third kappa shape index (κ3) is 3.00. The Morgan fingerprint density at radius 2 is 2.32 bits per heavy atom. The molecule has 0 aromatic carbocycles. The molecule has 1 saturated heterocycles. The van der Waals surface area contributed by atoms with Gasteiger partial charge in [0.25, 0.3) is 0 Å². The van der Waals surface area contributed by atoms with E-state index in [1.165, 1.54) is 15.6 Å². The van der Waals surface area contributed by atoms with Gasteiger partial charge in [-0.15, -0.1) is 11.3 Å². The van der Waals surface area contributed by atoms with Gasteiger partial charge in [0.1, 0.15) is 0 Å². The molecule has 2 atom stereocenters. The van der Waals surface area contributed by atoms with Crippen LogP contribution in [-0.4, -0.2) is 44.1 Å². The largest absolute Gasteiger partial charge is 0.391 e. The van der Waals surface area contributed by atoms with E-state index in [4.69, 9.17) is 9.84 Å². The van der Waals surface area contributed by atoms with Crippen molar-refractivity contribution >= 4 is 21.4 Å². The fourth-order valence-electron chi connectivity index (χ4n) is 2.26. The number of nitrogens with zero attached hydrogens (tertiary/aromatic N) is 1. The average Bonchev–Trinajstić information content (AvgIpc) is 2.88. The number of aliphatic hydroxyl groups excluding tert-OH is 1. The van der Waals surface area contributed by atoms with Crippen molar-refractivity contribution in [2.24, 2.45) is 5.92 Å². The zero-order valence-electron chi connectivity index (χ0n) is 11.1. The van der Waals surface area contributed by atoms with Crippen LogP contribution in [0.25, 0.3) is 0 Å². The summed E-state index contributed by atoms with van der Waals surface area (Å²) in [7, 11) is -1.85. The predicted molar refractivity (Wildman–Crippen MR) is 73.6 cm³/mol. The smallest absolute Gasteiger partial charge is 0.243 e. The summed E-state index contributed by atoms with van der Waals surface area (Å²) in [6.45, 7) is 2.86. The zero-order chi connectivity index (χ0) is 14.0. The van der Waals surface area contributed by atoms with Crippen molar-refractivity contribution in [1.29, 1.82) is 0 Å². The quantitative estimate of drug-likeness (QED) is 0.910. The molecule has 2 unspecified atom stereocenters. The minimum absolute atomic E-state index is 0.0560. The Kier molecular flexibility index (Phi) is 4.62. The molecule has 0 saturated carbocycles. The van der Waals surface area contributed by atoms with Gasteiger partial charge in [0.05, 0.1) is 17.6 Å². The fourth-order valence-corrected chi connectivity index (χ4v) is 4.85. The molecule has 0 spiro atoms. The van der Waals surface area contributed by atoms with Crippen LogP contribution in [0.4, 0.5) is 0 Å². The van der Waals surface area contributed by atoms with E-state index in [2.05, 4.69) is 6.92 Å². The Morgan fingerprint density at radius 3 is 2.89 bits per heavy atom. The highest BCUT2D eigenvalue weighted by molar-refractivity contribution is 7.89. The number of sulfonamides is 1. The Morgan fingerprint density at radius 1 is 1.58 bits per heavy atom. The molecular formula is C12H19NO4S2. The molecule has 108 valence electrons. The van der Waals surface area contributed by atoms with Crippen LogP contribution in [0, 0.1) is 5.92 Å². The second-order valence-corrected chi connectivity index (χ2v) is 7.74. The van der Waals surface area contributed by atoms with E-state index in [1.807, 2.05) is 0 Å². The first-order valence-electron chi connectivity index (χ1n) is 6.20. The number of piperidine rings is 1. The first kappa shape index (κ1) is 14.9. The highest BCUT2D eigenvalue weighted by Crippen LogP contribution is 2.27. The van der Waals surface area contributed by atoms with Crippen molar-refractivity contribution in [1.82, 2.24) is 4.31 Å². The molecule has 2 heterocycles. The molecule has 1 aliphatic heterocycles. The number of thiophene rings is 1. The minimum atomic E-state index is -3.47. The van der Waals surface area contributed by atoms with E-state index in [0.717, 1.165) is 6.42 Å². The molecule has 0 bridgehead atoms. The second-order valence-electron chi connectivity index (χ2n) is 4.81. The van der Waals surface area contributed by atoms with E-state index >= 15 is 0 Å². The topological polar surface area (TPSA) is 66.8 Å². The zero-order valence-corrected chi connectivity index (χ0v) is 12.7. The van der Waals surface area contributed by atoms with Crippen molar-refractivity contribution in [3.63, 3.8) is 0 Å². The molecule has 19 heavy (non-hydrogen) atoms. The van der Waals surface area contributed by atoms with Crippen molar-refractivity contribution in [2.75, 3.05) is 20.2 Å². The lowest BCUT2D eigenvalue weighted by Gasteiger charge is -2.35. The van der Waals surface area contributed by atoms with Crippen molar-refractivity contribution < 1.29 is 18.3 Å². The van der Waals surface area contributed by atoms with Crippen LogP contribution in [0.15, 0.2) is 16.3 Å². The molecule has 7 heteroatoms. The van der Waals surface area contributed by atoms with Gasteiger partial charge in [-0.2, -0.15) is 4.31 Å². The van der Waals surface area contributed by atoms with Crippen LogP contribution < -0.4 is 0 Å². The maximum absolute atomic E-state index is 12.5. The fraction of sp³-hybridized carbons (Fsp3) is 0.667. The Hall–Kier alpha value is -0.470. The van der Waals surface area contributed by atoms with E-state index in [9.17, 15) is 8.42 Å². The Labute approximate surface area is 117 Å². The first-order valence-corrected chi connectivity index (χ1v) is 8.52. The van der Waals surface area contributed by atoms with Crippen LogP contribution in [-0.2, 0) is 21.4 Å². The summed E-state index contributed by atoms with van der Waals surface area (Å²) in [5, 5.41) is 10.6. The number of methoxy groups -OCH3 is 1. The molecule has 5 nitrogen and oxygen atoms in total. The highest BCUT2D eigenvalue weighted by atomic mass is 32.2. The number of ether oxygens (including phenoxy) is 1. The lowest BCUT2D eigenvalue weighted by atomic mass is 9.97. The molecule has 1 fully saturated rings. The molecule has 1 aromatic rings. The van der Waals surface area contributed by atoms with Gasteiger partial charge >= 0.3 is 0 Å². The van der Waals surface area contributed by atoms with Crippen LogP contribution in [0.3, 0.4) is 0 Å². The van der Waals surface area contributed by atoms with Crippen LogP contribution in [0.1, 0.15) is 18.2 Å². The summed E-state index contributed by atoms with van der Waals surface area (Å²) in [5.74, 6) is 0.368. The van der Waals surface area contributed by atoms with Crippen molar-refractivity contribution in [3.8, 4) is 0 Å². The third-order valence-corrected chi connectivity index (χ3v) is 6.49. The van der Waals surface area contributed by atoms with E-state index in [-0.39, 0.29) is 17.6 Å². The van der Waals surface area contributed by atoms with Gasteiger partial charge in [-0.25, -0.2) is 8.42 Å². The molecule has 1 aromatic heterocycles. The SMILES string of the molecule is COC1CN(S(=O)(=O)c2csc(CO)c2)CCC1C. The van der Waals surface area contributed by atoms with E-state index in [0.29, 0.717) is 23.9 Å². The standard InChI is InChI=1S/C12H19NO4S2/c1-9-3-4-13(6-12(9)17-2)19(15,16)11-5-10(7-14)18-8-11/h5,8-9,12,14H,3-4,6-7H2,1-2H3. The summed E-state index contributed by atoms with van der Waals surface area (Å²) in [6, 6.07) is 1.54. The van der Waals surface area contributed by atoms with Gasteiger partial charge in [0.15, 0.2) is 0 Å². The Bertz CT molecular complexity index is 526. The van der Waals surface area contributed by atoms with Gasteiger partial charge in [-0.1, -0.05) is 6.92 Å². The average molecular weight is 305 g/mol. The van der Waals surface area contributed by atoms with Crippen LogP contribution in [0.5, 0.6) is 0 Å². The van der Waals surface area contributed by atoms with Gasteiger partial charge in [-0.05, 0) is 18.4 Å². The van der Waals surface area contributed by atoms with Crippen molar-refractivity contribution in [2.45, 2.75) is 31.0 Å². The normalized spacial score (nSPS) is 25.6. The predicted octanol–water partition coefficient (Wildman–Crippen LogP) is 1.29. The van der Waals surface area contributed by atoms with Crippen LogP contribution >= 0.6 is 11.3 Å². The van der Waals surface area contributed by atoms with Gasteiger partial charge in [0.2, 0.25) is 10.0 Å². The van der Waals surface area contributed by atoms with Crippen molar-refractivity contribution in [3.05, 3.63) is 16.3 Å². The maximum Gasteiger partial charge on any atom is 0.243 e. The van der Waals surface area contributed by atoms with E-state index in [1.54, 1.807) is 18.6 Å². The number of hydrogen-bond acceptors (Lipinski definition) is 5. The third-order valence-electron chi connectivity index (χ3n) is 3.58. The highest BCUT2D eigenvalue weighted by Gasteiger charge is 2.34. The monoisotopic (exact) mass is 305 g/mol. The molecule has 1 aliphatic rings. The maximum atomic E-state index is 12.5. The lowest BCUT2D eigenvalue weighted by molar-refractivity contribution is 0.0184. The molecule has 0 amide bonds. The summed E-state index contributed by atoms with van der Waals surface area (Å²) in [4.78, 5) is 0.929. The van der Waals surface area contributed by atoms with Crippen LogP contribution in [0.2, 0.25) is 0 Å². The first-order chi connectivity index (χ1) is 8.98. The number of hydrogen-bond donors (Lipinski definition) is 1. The minimum Gasteiger partial charge on any atom is -0.391 e. The summed E-state index contributed by atoms with van der Waals surface area (Å²) < 4.78 is 31.8. The molecule has 0 aliphatic carbocycles. The summed E-state index contributed by atoms with van der Waals surface area (Å²) in [6.07, 6.45) is 0.744. The van der Waals surface area contributed by atoms with E-state index < -0.39 is 10.0 Å². The summed E-state index contributed by atoms with van der Waals surface area (Å²) >= 11 is 1.26. The molecule has 2 rings (SSSR count).